The van der Waals surface area contributed by atoms with E-state index in [2.05, 4.69) is 6.07 Å². The summed E-state index contributed by atoms with van der Waals surface area (Å²) in [5.41, 5.74) is 1.04. The molecule has 1 rings (SSSR count). The number of hydrogen-bond donors (Lipinski definition) is 1. The molecule has 1 aromatic carbocycles. The molecule has 1 atom stereocenters. The standard InChI is InChI=1S/C14H18N2O3/c1-4-10(2)16(9-14(17)18)13-7-12(19-3)6-5-11(13)8-15/h5-7,10H,4,9H2,1-3H3,(H,17,18). The Morgan fingerprint density at radius 1 is 1.58 bits per heavy atom. The van der Waals surface area contributed by atoms with Crippen molar-refractivity contribution >= 4 is 11.7 Å². The Morgan fingerprint density at radius 3 is 2.74 bits per heavy atom. The van der Waals surface area contributed by atoms with Crippen molar-refractivity contribution in [2.75, 3.05) is 18.6 Å². The van der Waals surface area contributed by atoms with Crippen molar-refractivity contribution in [2.45, 2.75) is 26.3 Å². The minimum absolute atomic E-state index is 0.0234. The summed E-state index contributed by atoms with van der Waals surface area (Å²) in [4.78, 5) is 12.7. The number of carboxylic acids is 1. The van der Waals surface area contributed by atoms with E-state index in [9.17, 15) is 4.79 Å². The summed E-state index contributed by atoms with van der Waals surface area (Å²) in [5, 5.41) is 18.2. The number of rotatable bonds is 6. The molecule has 1 aromatic rings. The van der Waals surface area contributed by atoms with Crippen LogP contribution in [0.5, 0.6) is 5.75 Å². The maximum absolute atomic E-state index is 11.0. The number of anilines is 1. The highest BCUT2D eigenvalue weighted by Crippen LogP contribution is 2.27. The predicted octanol–water partition coefficient (Wildman–Crippen LogP) is 2.26. The first-order chi connectivity index (χ1) is 9.03. The van der Waals surface area contributed by atoms with Crippen molar-refractivity contribution in [1.82, 2.24) is 0 Å². The number of nitriles is 1. The van der Waals surface area contributed by atoms with E-state index < -0.39 is 5.97 Å². The van der Waals surface area contributed by atoms with Crippen molar-refractivity contribution in [1.29, 1.82) is 5.26 Å². The van der Waals surface area contributed by atoms with Gasteiger partial charge in [-0.3, -0.25) is 4.79 Å². The molecule has 0 fully saturated rings. The maximum Gasteiger partial charge on any atom is 0.323 e. The fourth-order valence-corrected chi connectivity index (χ4v) is 1.82. The largest absolute Gasteiger partial charge is 0.497 e. The van der Waals surface area contributed by atoms with Gasteiger partial charge in [-0.2, -0.15) is 5.26 Å². The molecule has 0 radical (unpaired) electrons. The SMILES string of the molecule is CCC(C)N(CC(=O)O)c1cc(OC)ccc1C#N. The van der Waals surface area contributed by atoms with E-state index >= 15 is 0 Å². The molecule has 0 heterocycles. The molecule has 0 amide bonds. The molecular weight excluding hydrogens is 244 g/mol. The van der Waals surface area contributed by atoms with E-state index in [1.165, 1.54) is 7.11 Å². The number of carbonyl (C=O) groups is 1. The molecule has 5 nitrogen and oxygen atoms in total. The van der Waals surface area contributed by atoms with Crippen molar-refractivity contribution in [3.05, 3.63) is 23.8 Å². The van der Waals surface area contributed by atoms with Gasteiger partial charge in [0.2, 0.25) is 0 Å². The molecule has 0 aliphatic carbocycles. The second-order valence-electron chi connectivity index (χ2n) is 4.27. The number of aliphatic carboxylic acids is 1. The summed E-state index contributed by atoms with van der Waals surface area (Å²) in [5.74, 6) is -0.320. The fourth-order valence-electron chi connectivity index (χ4n) is 1.82. The summed E-state index contributed by atoms with van der Waals surface area (Å²) in [6, 6.07) is 7.15. The zero-order valence-corrected chi connectivity index (χ0v) is 11.4. The zero-order chi connectivity index (χ0) is 14.4. The predicted molar refractivity (Wildman–Crippen MR) is 72.4 cm³/mol. The van der Waals surface area contributed by atoms with Crippen molar-refractivity contribution in [2.24, 2.45) is 0 Å². The molecule has 5 heteroatoms. The van der Waals surface area contributed by atoms with Crippen molar-refractivity contribution in [3.63, 3.8) is 0 Å². The molecule has 0 aliphatic rings. The number of benzene rings is 1. The third-order valence-corrected chi connectivity index (χ3v) is 3.06. The second-order valence-corrected chi connectivity index (χ2v) is 4.27. The van der Waals surface area contributed by atoms with Crippen LogP contribution in [0.3, 0.4) is 0 Å². The van der Waals surface area contributed by atoms with E-state index in [1.807, 2.05) is 13.8 Å². The van der Waals surface area contributed by atoms with Gasteiger partial charge in [0.1, 0.15) is 18.4 Å². The molecule has 102 valence electrons. The molecule has 19 heavy (non-hydrogen) atoms. The van der Waals surface area contributed by atoms with Crippen LogP contribution in [-0.4, -0.2) is 30.8 Å². The molecule has 0 spiro atoms. The lowest BCUT2D eigenvalue weighted by Crippen LogP contribution is -2.37. The van der Waals surface area contributed by atoms with Gasteiger partial charge in [-0.1, -0.05) is 6.92 Å². The lowest BCUT2D eigenvalue weighted by atomic mass is 10.1. The van der Waals surface area contributed by atoms with Gasteiger partial charge < -0.3 is 14.7 Å². The van der Waals surface area contributed by atoms with Gasteiger partial charge in [0, 0.05) is 12.1 Å². The van der Waals surface area contributed by atoms with Gasteiger partial charge in [0.05, 0.1) is 18.4 Å². The Morgan fingerprint density at radius 2 is 2.26 bits per heavy atom. The van der Waals surface area contributed by atoms with Gasteiger partial charge in [-0.05, 0) is 25.5 Å². The van der Waals surface area contributed by atoms with E-state index in [0.29, 0.717) is 17.0 Å². The highest BCUT2D eigenvalue weighted by atomic mass is 16.5. The molecular formula is C14H18N2O3. The lowest BCUT2D eigenvalue weighted by Gasteiger charge is -2.30. The topological polar surface area (TPSA) is 73.6 Å². The minimum atomic E-state index is -0.924. The summed E-state index contributed by atoms with van der Waals surface area (Å²) >= 11 is 0. The Hall–Kier alpha value is -2.22. The molecule has 1 N–H and O–H groups in total. The van der Waals surface area contributed by atoms with Crippen molar-refractivity contribution < 1.29 is 14.6 Å². The number of nitrogens with zero attached hydrogens (tertiary/aromatic N) is 2. The minimum Gasteiger partial charge on any atom is -0.497 e. The first-order valence-corrected chi connectivity index (χ1v) is 6.10. The molecule has 0 aliphatic heterocycles. The van der Waals surface area contributed by atoms with Gasteiger partial charge in [0.25, 0.3) is 0 Å². The summed E-state index contributed by atoms with van der Waals surface area (Å²) < 4.78 is 5.14. The van der Waals surface area contributed by atoms with Crippen LogP contribution in [-0.2, 0) is 4.79 Å². The van der Waals surface area contributed by atoms with E-state index in [0.717, 1.165) is 6.42 Å². The molecule has 0 bridgehead atoms. The maximum atomic E-state index is 11.0. The Labute approximate surface area is 113 Å². The smallest absolute Gasteiger partial charge is 0.323 e. The quantitative estimate of drug-likeness (QED) is 0.851. The number of carboxylic acid groups (broad SMARTS) is 1. The second kappa shape index (κ2) is 6.64. The van der Waals surface area contributed by atoms with Gasteiger partial charge in [-0.15, -0.1) is 0 Å². The fraction of sp³-hybridized carbons (Fsp3) is 0.429. The number of methoxy groups -OCH3 is 1. The van der Waals surface area contributed by atoms with E-state index in [-0.39, 0.29) is 12.6 Å². The first kappa shape index (κ1) is 14.8. The molecule has 0 aromatic heterocycles. The van der Waals surface area contributed by atoms with Crippen LogP contribution >= 0.6 is 0 Å². The third-order valence-electron chi connectivity index (χ3n) is 3.06. The van der Waals surface area contributed by atoms with E-state index in [1.54, 1.807) is 23.1 Å². The monoisotopic (exact) mass is 262 g/mol. The van der Waals surface area contributed by atoms with Crippen LogP contribution in [0.2, 0.25) is 0 Å². The zero-order valence-electron chi connectivity index (χ0n) is 11.4. The van der Waals surface area contributed by atoms with Crippen LogP contribution in [0, 0.1) is 11.3 Å². The van der Waals surface area contributed by atoms with Crippen LogP contribution in [0.15, 0.2) is 18.2 Å². The Kier molecular flexibility index (Phi) is 5.19. The van der Waals surface area contributed by atoms with E-state index in [4.69, 9.17) is 15.1 Å². The van der Waals surface area contributed by atoms with Gasteiger partial charge >= 0.3 is 5.97 Å². The van der Waals surface area contributed by atoms with Gasteiger partial charge in [-0.25, -0.2) is 0 Å². The van der Waals surface area contributed by atoms with Crippen molar-refractivity contribution in [3.8, 4) is 11.8 Å². The third kappa shape index (κ3) is 3.62. The normalized spacial score (nSPS) is 11.5. The summed E-state index contributed by atoms with van der Waals surface area (Å²) in [6.45, 7) is 3.77. The van der Waals surface area contributed by atoms with Crippen LogP contribution < -0.4 is 9.64 Å². The molecule has 0 saturated heterocycles. The lowest BCUT2D eigenvalue weighted by molar-refractivity contribution is -0.135. The van der Waals surface area contributed by atoms with Crippen LogP contribution in [0.25, 0.3) is 0 Å². The highest BCUT2D eigenvalue weighted by Gasteiger charge is 2.19. The average Bonchev–Trinajstić information content (AvgIpc) is 2.43. The molecule has 0 saturated carbocycles. The molecule has 1 unspecified atom stereocenters. The summed E-state index contributed by atoms with van der Waals surface area (Å²) in [6.07, 6.45) is 0.787. The van der Waals surface area contributed by atoms with Crippen LogP contribution in [0.4, 0.5) is 5.69 Å². The summed E-state index contributed by atoms with van der Waals surface area (Å²) in [7, 11) is 1.54. The Bertz CT molecular complexity index is 494. The highest BCUT2D eigenvalue weighted by molar-refractivity contribution is 5.76. The Balaban J connectivity index is 3.26. The first-order valence-electron chi connectivity index (χ1n) is 6.10. The number of ether oxygens (including phenoxy) is 1. The average molecular weight is 262 g/mol. The number of hydrogen-bond acceptors (Lipinski definition) is 4. The van der Waals surface area contributed by atoms with Gasteiger partial charge in [0.15, 0.2) is 0 Å². The van der Waals surface area contributed by atoms with Crippen LogP contribution in [0.1, 0.15) is 25.8 Å².